The van der Waals surface area contributed by atoms with E-state index in [1.54, 1.807) is 6.20 Å². The van der Waals surface area contributed by atoms with Crippen LogP contribution >= 0.6 is 15.9 Å². The maximum atomic E-state index is 12.2. The van der Waals surface area contributed by atoms with Crippen LogP contribution in [0.3, 0.4) is 0 Å². The molecule has 2 heterocycles. The van der Waals surface area contributed by atoms with Crippen LogP contribution in [0, 0.1) is 0 Å². The summed E-state index contributed by atoms with van der Waals surface area (Å²) in [5, 5.41) is 5.36. The third-order valence-electron chi connectivity index (χ3n) is 3.05. The van der Waals surface area contributed by atoms with Crippen molar-refractivity contribution in [3.8, 4) is 0 Å². The minimum Gasteiger partial charge on any atom is -0.442 e. The Morgan fingerprint density at radius 1 is 1.45 bits per heavy atom. The van der Waals surface area contributed by atoms with Crippen LogP contribution in [-0.2, 0) is 4.74 Å². The molecule has 0 aliphatic heterocycles. The van der Waals surface area contributed by atoms with Gasteiger partial charge in [0.1, 0.15) is 5.60 Å². The molecule has 0 N–H and O–H groups in total. The molecule has 2 aromatic heterocycles. The Bertz CT molecular complexity index is 684. The highest BCUT2D eigenvalue weighted by Crippen LogP contribution is 2.42. The zero-order valence-corrected chi connectivity index (χ0v) is 13.3. The molecule has 1 aliphatic carbocycles. The number of rotatable bonds is 1. The average molecular weight is 338 g/mol. The largest absolute Gasteiger partial charge is 0.442 e. The van der Waals surface area contributed by atoms with E-state index in [-0.39, 0.29) is 0 Å². The summed E-state index contributed by atoms with van der Waals surface area (Å²) in [4.78, 5) is 16.6. The molecule has 5 nitrogen and oxygen atoms in total. The first-order valence-corrected chi connectivity index (χ1v) is 7.42. The second-order valence-corrected chi connectivity index (χ2v) is 6.99. The number of nitrogens with zero attached hydrogens (tertiary/aromatic N) is 3. The van der Waals surface area contributed by atoms with Gasteiger partial charge in [-0.15, -0.1) is 4.68 Å². The molecule has 0 bridgehead atoms. The lowest BCUT2D eigenvalue weighted by atomic mass is 10.2. The van der Waals surface area contributed by atoms with Crippen molar-refractivity contribution in [1.82, 2.24) is 14.8 Å². The van der Waals surface area contributed by atoms with Gasteiger partial charge in [0.2, 0.25) is 0 Å². The lowest BCUT2D eigenvalue weighted by Crippen LogP contribution is -2.28. The minimum atomic E-state index is -0.551. The van der Waals surface area contributed by atoms with Crippen molar-refractivity contribution in [3.63, 3.8) is 0 Å². The molecule has 6 heteroatoms. The summed E-state index contributed by atoms with van der Waals surface area (Å²) in [5.41, 5.74) is 0.953. The molecule has 0 radical (unpaired) electrons. The fraction of sp³-hybridized carbons (Fsp3) is 0.500. The van der Waals surface area contributed by atoms with Crippen LogP contribution in [0.4, 0.5) is 4.79 Å². The van der Waals surface area contributed by atoms with Gasteiger partial charge in [-0.25, -0.2) is 9.78 Å². The molecule has 20 heavy (non-hydrogen) atoms. The standard InChI is InChI=1S/C14H16BrN3O2/c1-14(2,3)20-13(19)18-12-10(6-9(15)7-16-12)11(17-18)8-4-5-8/h6-8H,4-5H2,1-3H3. The van der Waals surface area contributed by atoms with Crippen molar-refractivity contribution in [2.45, 2.75) is 45.1 Å². The molecular weight excluding hydrogens is 322 g/mol. The quantitative estimate of drug-likeness (QED) is 0.792. The van der Waals surface area contributed by atoms with Gasteiger partial charge in [0, 0.05) is 22.0 Å². The van der Waals surface area contributed by atoms with Crippen molar-refractivity contribution < 1.29 is 9.53 Å². The van der Waals surface area contributed by atoms with Crippen LogP contribution in [0.2, 0.25) is 0 Å². The Morgan fingerprint density at radius 2 is 2.15 bits per heavy atom. The van der Waals surface area contributed by atoms with Gasteiger partial charge in [0.25, 0.3) is 0 Å². The molecule has 0 spiro atoms. The lowest BCUT2D eigenvalue weighted by Gasteiger charge is -2.18. The summed E-state index contributed by atoms with van der Waals surface area (Å²) < 4.78 is 7.55. The summed E-state index contributed by atoms with van der Waals surface area (Å²) in [5.74, 6) is 0.442. The second kappa shape index (κ2) is 4.55. The Morgan fingerprint density at radius 3 is 2.75 bits per heavy atom. The van der Waals surface area contributed by atoms with E-state index in [0.29, 0.717) is 11.6 Å². The van der Waals surface area contributed by atoms with Crippen LogP contribution < -0.4 is 0 Å². The van der Waals surface area contributed by atoms with E-state index in [4.69, 9.17) is 4.74 Å². The summed E-state index contributed by atoms with van der Waals surface area (Å²) in [6, 6.07) is 1.96. The summed E-state index contributed by atoms with van der Waals surface area (Å²) in [7, 11) is 0. The highest BCUT2D eigenvalue weighted by atomic mass is 79.9. The first-order valence-electron chi connectivity index (χ1n) is 6.63. The molecule has 0 aromatic carbocycles. The van der Waals surface area contributed by atoms with Gasteiger partial charge in [-0.3, -0.25) is 0 Å². The molecule has 106 valence electrons. The van der Waals surface area contributed by atoms with Gasteiger partial charge in [0.05, 0.1) is 5.69 Å². The third kappa shape index (κ3) is 2.57. The molecule has 0 saturated heterocycles. The van der Waals surface area contributed by atoms with Crippen LogP contribution in [0.5, 0.6) is 0 Å². The van der Waals surface area contributed by atoms with Gasteiger partial charge < -0.3 is 4.74 Å². The summed E-state index contributed by atoms with van der Waals surface area (Å²) >= 11 is 3.42. The number of carbonyl (C=O) groups excluding carboxylic acids is 1. The van der Waals surface area contributed by atoms with E-state index in [2.05, 4.69) is 26.0 Å². The van der Waals surface area contributed by atoms with E-state index >= 15 is 0 Å². The Kier molecular flexibility index (Phi) is 3.08. The maximum Gasteiger partial charge on any atom is 0.437 e. The van der Waals surface area contributed by atoms with Crippen molar-refractivity contribution in [2.75, 3.05) is 0 Å². The number of ether oxygens (including phenoxy) is 1. The van der Waals surface area contributed by atoms with Gasteiger partial charge in [0.15, 0.2) is 5.65 Å². The number of aromatic nitrogens is 3. The highest BCUT2D eigenvalue weighted by molar-refractivity contribution is 9.10. The van der Waals surface area contributed by atoms with E-state index in [9.17, 15) is 4.79 Å². The zero-order valence-electron chi connectivity index (χ0n) is 11.7. The Hall–Kier alpha value is -1.43. The van der Waals surface area contributed by atoms with Crippen molar-refractivity contribution in [2.24, 2.45) is 0 Å². The number of halogens is 1. The molecule has 0 atom stereocenters. The van der Waals surface area contributed by atoms with E-state index < -0.39 is 11.7 Å². The number of carbonyl (C=O) groups is 1. The molecule has 3 rings (SSSR count). The Labute approximate surface area is 125 Å². The van der Waals surface area contributed by atoms with Crippen LogP contribution in [0.1, 0.15) is 45.2 Å². The van der Waals surface area contributed by atoms with Gasteiger partial charge >= 0.3 is 6.09 Å². The smallest absolute Gasteiger partial charge is 0.437 e. The van der Waals surface area contributed by atoms with Crippen molar-refractivity contribution in [1.29, 1.82) is 0 Å². The van der Waals surface area contributed by atoms with Crippen LogP contribution in [-0.4, -0.2) is 26.5 Å². The van der Waals surface area contributed by atoms with E-state index in [0.717, 1.165) is 28.4 Å². The zero-order chi connectivity index (χ0) is 14.5. The molecular formula is C14H16BrN3O2. The fourth-order valence-corrected chi connectivity index (χ4v) is 2.42. The number of hydrogen-bond acceptors (Lipinski definition) is 4. The number of hydrogen-bond donors (Lipinski definition) is 0. The molecule has 1 fully saturated rings. The van der Waals surface area contributed by atoms with Crippen LogP contribution in [0.25, 0.3) is 11.0 Å². The number of fused-ring (bicyclic) bond motifs is 1. The summed E-state index contributed by atoms with van der Waals surface area (Å²) in [6.45, 7) is 5.51. The predicted molar refractivity (Wildman–Crippen MR) is 78.8 cm³/mol. The van der Waals surface area contributed by atoms with Crippen molar-refractivity contribution in [3.05, 3.63) is 22.4 Å². The highest BCUT2D eigenvalue weighted by Gasteiger charge is 2.31. The second-order valence-electron chi connectivity index (χ2n) is 6.08. The lowest BCUT2D eigenvalue weighted by molar-refractivity contribution is 0.0521. The molecule has 0 amide bonds. The molecule has 1 aliphatic rings. The monoisotopic (exact) mass is 337 g/mol. The number of pyridine rings is 1. The molecule has 2 aromatic rings. The van der Waals surface area contributed by atoms with Crippen LogP contribution in [0.15, 0.2) is 16.7 Å². The summed E-state index contributed by atoms with van der Waals surface area (Å²) in [6.07, 6.45) is 3.42. The SMILES string of the molecule is CC(C)(C)OC(=O)n1nc(C2CC2)c2cc(Br)cnc21. The van der Waals surface area contributed by atoms with Crippen molar-refractivity contribution >= 4 is 33.1 Å². The normalized spacial score (nSPS) is 15.6. The predicted octanol–water partition coefficient (Wildman–Crippen LogP) is 3.85. The van der Waals surface area contributed by atoms with E-state index in [1.807, 2.05) is 26.8 Å². The Balaban J connectivity index is 2.09. The van der Waals surface area contributed by atoms with Gasteiger partial charge in [-0.2, -0.15) is 5.10 Å². The third-order valence-corrected chi connectivity index (χ3v) is 3.48. The molecule has 1 saturated carbocycles. The van der Waals surface area contributed by atoms with Gasteiger partial charge in [-0.05, 0) is 55.6 Å². The maximum absolute atomic E-state index is 12.2. The van der Waals surface area contributed by atoms with Gasteiger partial charge in [-0.1, -0.05) is 0 Å². The first kappa shape index (κ1) is 13.5. The molecule has 0 unspecified atom stereocenters. The average Bonchev–Trinajstić information content (AvgIpc) is 3.08. The van der Waals surface area contributed by atoms with E-state index in [1.165, 1.54) is 4.68 Å². The topological polar surface area (TPSA) is 57.0 Å². The minimum absolute atomic E-state index is 0.442. The fourth-order valence-electron chi connectivity index (χ4n) is 2.09. The first-order chi connectivity index (χ1) is 9.35.